The molecule has 1 aromatic carbocycles. The smallest absolute Gasteiger partial charge is 0.202 e. The summed E-state index contributed by atoms with van der Waals surface area (Å²) in [6.45, 7) is 5.09. The Bertz CT molecular complexity index is 370. The highest BCUT2D eigenvalue weighted by Crippen LogP contribution is 2.26. The number of nitrogen functional groups attached to an aromatic ring is 1. The Labute approximate surface area is 99.5 Å². The van der Waals surface area contributed by atoms with E-state index in [1.807, 2.05) is 13.8 Å². The highest BCUT2D eigenvalue weighted by molar-refractivity contribution is 5.53. The summed E-state index contributed by atoms with van der Waals surface area (Å²) in [5.41, 5.74) is 5.56. The van der Waals surface area contributed by atoms with Crippen molar-refractivity contribution in [2.45, 2.75) is 13.8 Å². The lowest BCUT2D eigenvalue weighted by molar-refractivity contribution is 0.0808. The quantitative estimate of drug-likeness (QED) is 0.619. The van der Waals surface area contributed by atoms with Gasteiger partial charge >= 0.3 is 0 Å². The molecule has 1 rings (SSSR count). The molecule has 0 fully saturated rings. The van der Waals surface area contributed by atoms with Gasteiger partial charge in [-0.15, -0.1) is 0 Å². The molecule has 0 saturated heterocycles. The Balaban J connectivity index is 2.44. The molecule has 0 atom stereocenters. The molecule has 2 N–H and O–H groups in total. The van der Waals surface area contributed by atoms with Gasteiger partial charge in [-0.2, -0.15) is 4.39 Å². The van der Waals surface area contributed by atoms with Crippen LogP contribution >= 0.6 is 0 Å². The van der Waals surface area contributed by atoms with Gasteiger partial charge in [0.2, 0.25) is 5.82 Å². The molecule has 0 bridgehead atoms. The first kappa shape index (κ1) is 13.7. The number of hydrogen-bond acceptors (Lipinski definition) is 3. The fourth-order valence-electron chi connectivity index (χ4n) is 1.22. The Morgan fingerprint density at radius 3 is 2.59 bits per heavy atom. The van der Waals surface area contributed by atoms with Crippen LogP contribution in [0.3, 0.4) is 0 Å². The molecule has 96 valence electrons. The highest BCUT2D eigenvalue weighted by atomic mass is 19.2. The standard InChI is InChI=1S/C12H17F2NO2/c1-8(2)7-16-5-6-17-12-10(15)4-3-9(13)11(12)14/h3-4,8H,5-7,15H2,1-2H3. The Kier molecular flexibility index (Phi) is 5.15. The second kappa shape index (κ2) is 6.39. The molecule has 3 nitrogen and oxygen atoms in total. The highest BCUT2D eigenvalue weighted by Gasteiger charge is 2.12. The van der Waals surface area contributed by atoms with Gasteiger partial charge in [-0.25, -0.2) is 4.39 Å². The van der Waals surface area contributed by atoms with Crippen molar-refractivity contribution in [2.75, 3.05) is 25.6 Å². The molecule has 0 amide bonds. The van der Waals surface area contributed by atoms with Crippen molar-refractivity contribution in [1.82, 2.24) is 0 Å². The number of hydrogen-bond donors (Lipinski definition) is 1. The molecule has 0 saturated carbocycles. The Hall–Kier alpha value is -1.36. The largest absolute Gasteiger partial charge is 0.486 e. The zero-order valence-electron chi connectivity index (χ0n) is 10.0. The number of halogens is 2. The number of anilines is 1. The van der Waals surface area contributed by atoms with Crippen LogP contribution < -0.4 is 10.5 Å². The fraction of sp³-hybridized carbons (Fsp3) is 0.500. The third kappa shape index (κ3) is 4.19. The second-order valence-electron chi connectivity index (χ2n) is 4.10. The van der Waals surface area contributed by atoms with Gasteiger partial charge in [0.25, 0.3) is 0 Å². The topological polar surface area (TPSA) is 44.5 Å². The molecule has 0 aliphatic rings. The molecule has 0 heterocycles. The maximum atomic E-state index is 13.3. The maximum absolute atomic E-state index is 13.3. The molecule has 0 aromatic heterocycles. The monoisotopic (exact) mass is 245 g/mol. The van der Waals surface area contributed by atoms with Crippen molar-refractivity contribution in [2.24, 2.45) is 5.92 Å². The van der Waals surface area contributed by atoms with Crippen molar-refractivity contribution in [3.63, 3.8) is 0 Å². The molecule has 0 unspecified atom stereocenters. The minimum Gasteiger partial charge on any atom is -0.486 e. The summed E-state index contributed by atoms with van der Waals surface area (Å²) < 4.78 is 36.5. The molecular weight excluding hydrogens is 228 g/mol. The van der Waals surface area contributed by atoms with Crippen LogP contribution in [0, 0.1) is 17.6 Å². The first-order chi connectivity index (χ1) is 8.02. The summed E-state index contributed by atoms with van der Waals surface area (Å²) in [5.74, 6) is -1.87. The van der Waals surface area contributed by atoms with Crippen LogP contribution in [-0.2, 0) is 4.74 Å². The molecule has 17 heavy (non-hydrogen) atoms. The van der Waals surface area contributed by atoms with Gasteiger partial charge in [0.1, 0.15) is 6.61 Å². The average molecular weight is 245 g/mol. The van der Waals surface area contributed by atoms with Crippen molar-refractivity contribution in [3.05, 3.63) is 23.8 Å². The van der Waals surface area contributed by atoms with Crippen LogP contribution in [0.5, 0.6) is 5.75 Å². The lowest BCUT2D eigenvalue weighted by atomic mass is 10.2. The van der Waals surface area contributed by atoms with E-state index in [0.717, 1.165) is 6.07 Å². The minimum atomic E-state index is -1.06. The first-order valence-corrected chi connectivity index (χ1v) is 5.46. The summed E-state index contributed by atoms with van der Waals surface area (Å²) in [5, 5.41) is 0. The van der Waals surface area contributed by atoms with Gasteiger partial charge in [0.15, 0.2) is 11.6 Å². The van der Waals surface area contributed by atoms with Crippen LogP contribution in [0.1, 0.15) is 13.8 Å². The molecule has 0 aliphatic heterocycles. The van der Waals surface area contributed by atoms with Gasteiger partial charge in [0.05, 0.1) is 12.3 Å². The SMILES string of the molecule is CC(C)COCCOc1c(N)ccc(F)c1F. The molecule has 0 aliphatic carbocycles. The normalized spacial score (nSPS) is 10.9. The van der Waals surface area contributed by atoms with E-state index in [9.17, 15) is 8.78 Å². The number of ether oxygens (including phenoxy) is 2. The van der Waals surface area contributed by atoms with E-state index < -0.39 is 11.6 Å². The van der Waals surface area contributed by atoms with Crippen molar-refractivity contribution in [3.8, 4) is 5.75 Å². The number of benzene rings is 1. The van der Waals surface area contributed by atoms with Gasteiger partial charge in [0, 0.05) is 6.61 Å². The van der Waals surface area contributed by atoms with E-state index >= 15 is 0 Å². The lowest BCUT2D eigenvalue weighted by Gasteiger charge is -2.11. The summed E-state index contributed by atoms with van der Waals surface area (Å²) in [6.07, 6.45) is 0. The first-order valence-electron chi connectivity index (χ1n) is 5.46. The third-order valence-corrected chi connectivity index (χ3v) is 2.01. The van der Waals surface area contributed by atoms with E-state index in [-0.39, 0.29) is 18.0 Å². The van der Waals surface area contributed by atoms with Crippen LogP contribution in [0.2, 0.25) is 0 Å². The fourth-order valence-corrected chi connectivity index (χ4v) is 1.22. The predicted octanol–water partition coefficient (Wildman–Crippen LogP) is 2.60. The third-order valence-electron chi connectivity index (χ3n) is 2.01. The molecule has 0 spiro atoms. The summed E-state index contributed by atoms with van der Waals surface area (Å²) in [4.78, 5) is 0. The maximum Gasteiger partial charge on any atom is 0.202 e. The van der Waals surface area contributed by atoms with Crippen LogP contribution in [0.25, 0.3) is 0 Å². The molecule has 1 aromatic rings. The zero-order chi connectivity index (χ0) is 12.8. The molecular formula is C12H17F2NO2. The van der Waals surface area contributed by atoms with Crippen molar-refractivity contribution in [1.29, 1.82) is 0 Å². The lowest BCUT2D eigenvalue weighted by Crippen LogP contribution is -2.12. The van der Waals surface area contributed by atoms with E-state index in [0.29, 0.717) is 19.1 Å². The second-order valence-corrected chi connectivity index (χ2v) is 4.10. The van der Waals surface area contributed by atoms with Crippen LogP contribution in [-0.4, -0.2) is 19.8 Å². The Morgan fingerprint density at radius 2 is 1.94 bits per heavy atom. The summed E-state index contributed by atoms with van der Waals surface area (Å²) in [6, 6.07) is 2.23. The summed E-state index contributed by atoms with van der Waals surface area (Å²) >= 11 is 0. The molecule has 5 heteroatoms. The molecule has 0 radical (unpaired) electrons. The van der Waals surface area contributed by atoms with Gasteiger partial charge in [-0.05, 0) is 18.1 Å². The van der Waals surface area contributed by atoms with Gasteiger partial charge in [-0.1, -0.05) is 13.8 Å². The van der Waals surface area contributed by atoms with Gasteiger partial charge in [-0.3, -0.25) is 0 Å². The Morgan fingerprint density at radius 1 is 1.24 bits per heavy atom. The van der Waals surface area contributed by atoms with E-state index in [1.54, 1.807) is 0 Å². The van der Waals surface area contributed by atoms with E-state index in [1.165, 1.54) is 6.07 Å². The van der Waals surface area contributed by atoms with Crippen molar-refractivity contribution >= 4 is 5.69 Å². The van der Waals surface area contributed by atoms with Crippen LogP contribution in [0.15, 0.2) is 12.1 Å². The number of nitrogens with two attached hydrogens (primary N) is 1. The zero-order valence-corrected chi connectivity index (χ0v) is 10.0. The van der Waals surface area contributed by atoms with Crippen LogP contribution in [0.4, 0.5) is 14.5 Å². The number of rotatable bonds is 6. The van der Waals surface area contributed by atoms with E-state index in [4.69, 9.17) is 15.2 Å². The van der Waals surface area contributed by atoms with E-state index in [2.05, 4.69) is 0 Å². The summed E-state index contributed by atoms with van der Waals surface area (Å²) in [7, 11) is 0. The van der Waals surface area contributed by atoms with Gasteiger partial charge < -0.3 is 15.2 Å². The minimum absolute atomic E-state index is 0.0766. The van der Waals surface area contributed by atoms with Crippen molar-refractivity contribution < 1.29 is 18.3 Å². The predicted molar refractivity (Wildman–Crippen MR) is 61.9 cm³/mol. The average Bonchev–Trinajstić information content (AvgIpc) is 2.27.